The molecule has 0 N–H and O–H groups in total. The molecule has 0 aromatic heterocycles. The normalized spacial score (nSPS) is 12.7. The monoisotopic (exact) mass is 501 g/mol. The van der Waals surface area contributed by atoms with Crippen LogP contribution in [0.1, 0.15) is 122 Å². The number of unbranched alkanes of at least 4 members (excludes halogenated alkanes) is 12. The Morgan fingerprint density at radius 1 is 0.743 bits per heavy atom. The predicted molar refractivity (Wildman–Crippen MR) is 146 cm³/mol. The summed E-state index contributed by atoms with van der Waals surface area (Å²) in [6, 6.07) is 14.1. The maximum Gasteiger partial charge on any atom is 0.329 e. The molecule has 0 spiro atoms. The first-order valence-electron chi connectivity index (χ1n) is 13.9. The summed E-state index contributed by atoms with van der Waals surface area (Å²) in [5.74, 6) is -0.626. The van der Waals surface area contributed by atoms with Crippen LogP contribution in [0, 0.1) is 0 Å². The van der Waals surface area contributed by atoms with E-state index >= 15 is 0 Å². The lowest BCUT2D eigenvalue weighted by Gasteiger charge is -2.33. The second-order valence-corrected chi connectivity index (χ2v) is 10.5. The van der Waals surface area contributed by atoms with Gasteiger partial charge in [-0.25, -0.2) is 4.21 Å². The number of hydrogen-bond acceptors (Lipinski definition) is 4. The molecule has 2 aromatic rings. The Bertz CT molecular complexity index is 872. The first-order chi connectivity index (χ1) is 17.0. The fourth-order valence-corrected chi connectivity index (χ4v) is 5.54. The number of carbonyl (C=O) groups excluding carboxylic acids is 1. The molecule has 1 unspecified atom stereocenters. The van der Waals surface area contributed by atoms with Gasteiger partial charge in [-0.1, -0.05) is 146 Å². The van der Waals surface area contributed by atoms with Crippen molar-refractivity contribution in [3.8, 4) is 0 Å². The van der Waals surface area contributed by atoms with Crippen molar-refractivity contribution in [2.45, 2.75) is 122 Å². The fourth-order valence-electron chi connectivity index (χ4n) is 5.26. The minimum absolute atomic E-state index is 0.612. The molecule has 1 atom stereocenters. The Balaban J connectivity index is 2.27. The molecule has 0 amide bonds. The molecule has 0 aliphatic rings. The van der Waals surface area contributed by atoms with E-state index in [4.69, 9.17) is 4.18 Å². The quantitative estimate of drug-likeness (QED) is 0.143. The molecule has 0 heterocycles. The van der Waals surface area contributed by atoms with E-state index in [2.05, 4.69) is 13.8 Å². The highest BCUT2D eigenvalue weighted by Crippen LogP contribution is 2.41. The standard InChI is InChI=1S/C30H46O4S/c1-3-5-7-9-11-13-17-24-30(29(31)34-35(32)33,25-18-14-12-10-8-6-4-2)28-23-19-21-26-20-15-16-22-27(26)28/h15-16,19-23H,3-14,17-18,24-25H2,1-2H3,(H,32,33)/p-1. The van der Waals surface area contributed by atoms with Gasteiger partial charge in [0.05, 0.1) is 5.41 Å². The van der Waals surface area contributed by atoms with Crippen molar-refractivity contribution >= 4 is 28.1 Å². The number of carbonyl (C=O) groups is 1. The average Bonchev–Trinajstić information content (AvgIpc) is 2.85. The van der Waals surface area contributed by atoms with Crippen molar-refractivity contribution < 1.29 is 17.7 Å². The lowest BCUT2D eigenvalue weighted by molar-refractivity contribution is -0.141. The SMILES string of the molecule is CCCCCCCCCC(CCCCCCCCC)(C(=O)OS(=O)[O-])c1cccc2ccccc12. The van der Waals surface area contributed by atoms with Crippen LogP contribution in [0.2, 0.25) is 0 Å². The smallest absolute Gasteiger partial charge is 0.329 e. The van der Waals surface area contributed by atoms with Crippen LogP contribution >= 0.6 is 0 Å². The van der Waals surface area contributed by atoms with E-state index in [0.717, 1.165) is 54.9 Å². The van der Waals surface area contributed by atoms with Crippen LogP contribution in [0.15, 0.2) is 42.5 Å². The first-order valence-corrected chi connectivity index (χ1v) is 14.9. The Hall–Kier alpha value is -1.72. The molecule has 35 heavy (non-hydrogen) atoms. The second-order valence-electron chi connectivity index (χ2n) is 9.93. The van der Waals surface area contributed by atoms with Gasteiger partial charge in [0.15, 0.2) is 0 Å². The number of hydrogen-bond donors (Lipinski definition) is 0. The maximum absolute atomic E-state index is 13.5. The van der Waals surface area contributed by atoms with Gasteiger partial charge in [-0.05, 0) is 29.2 Å². The van der Waals surface area contributed by atoms with Crippen molar-refractivity contribution in [3.63, 3.8) is 0 Å². The van der Waals surface area contributed by atoms with Gasteiger partial charge in [0.25, 0.3) is 0 Å². The zero-order chi connectivity index (χ0) is 25.4. The van der Waals surface area contributed by atoms with Crippen LogP contribution in [0.5, 0.6) is 0 Å². The second kappa shape index (κ2) is 16.9. The molecule has 0 aliphatic heterocycles. The molecule has 0 fully saturated rings. The van der Waals surface area contributed by atoms with Crippen molar-refractivity contribution in [3.05, 3.63) is 48.0 Å². The van der Waals surface area contributed by atoms with E-state index in [9.17, 15) is 13.6 Å². The summed E-state index contributed by atoms with van der Waals surface area (Å²) in [5, 5.41) is 2.07. The molecule has 2 aromatic carbocycles. The van der Waals surface area contributed by atoms with Gasteiger partial charge in [0, 0.05) is 0 Å². The van der Waals surface area contributed by atoms with Gasteiger partial charge in [-0.15, -0.1) is 0 Å². The van der Waals surface area contributed by atoms with Gasteiger partial charge < -0.3 is 8.74 Å². The van der Waals surface area contributed by atoms with E-state index in [-0.39, 0.29) is 0 Å². The molecule has 5 heteroatoms. The van der Waals surface area contributed by atoms with Crippen molar-refractivity contribution in [2.24, 2.45) is 0 Å². The summed E-state index contributed by atoms with van der Waals surface area (Å²) >= 11 is -2.87. The van der Waals surface area contributed by atoms with Gasteiger partial charge in [0.1, 0.15) is 11.4 Å². The van der Waals surface area contributed by atoms with Crippen LogP contribution < -0.4 is 0 Å². The molecular formula is C30H45O4S-. The topological polar surface area (TPSA) is 66.4 Å². The molecule has 4 nitrogen and oxygen atoms in total. The molecule has 0 saturated heterocycles. The molecule has 0 saturated carbocycles. The lowest BCUT2D eigenvalue weighted by Crippen LogP contribution is -2.38. The third kappa shape index (κ3) is 9.69. The van der Waals surface area contributed by atoms with E-state index in [1.54, 1.807) is 0 Å². The maximum atomic E-state index is 13.5. The molecule has 0 aliphatic carbocycles. The van der Waals surface area contributed by atoms with E-state index in [0.29, 0.717) is 12.8 Å². The third-order valence-corrected chi connectivity index (χ3v) is 7.54. The Kier molecular flexibility index (Phi) is 14.2. The fraction of sp³-hybridized carbons (Fsp3) is 0.633. The summed E-state index contributed by atoms with van der Waals surface area (Å²) in [4.78, 5) is 13.5. The van der Waals surface area contributed by atoms with Gasteiger partial charge in [0.2, 0.25) is 0 Å². The van der Waals surface area contributed by atoms with Crippen LogP contribution in [-0.2, 0) is 25.8 Å². The van der Waals surface area contributed by atoms with Crippen molar-refractivity contribution in [2.75, 3.05) is 0 Å². The molecule has 196 valence electrons. The minimum atomic E-state index is -2.87. The summed E-state index contributed by atoms with van der Waals surface area (Å²) in [6.07, 6.45) is 17.3. The van der Waals surface area contributed by atoms with Crippen LogP contribution in [0.25, 0.3) is 10.8 Å². The zero-order valence-corrected chi connectivity index (χ0v) is 22.7. The summed E-state index contributed by atoms with van der Waals surface area (Å²) in [5.41, 5.74) is -0.0451. The Labute approximate surface area is 215 Å². The number of benzene rings is 2. The highest BCUT2D eigenvalue weighted by molar-refractivity contribution is 7.74. The Morgan fingerprint density at radius 3 is 1.77 bits per heavy atom. The van der Waals surface area contributed by atoms with Crippen molar-refractivity contribution in [1.82, 2.24) is 0 Å². The summed E-state index contributed by atoms with van der Waals surface area (Å²) in [6.45, 7) is 4.43. The summed E-state index contributed by atoms with van der Waals surface area (Å²) in [7, 11) is 0. The van der Waals surface area contributed by atoms with Crippen molar-refractivity contribution in [1.29, 1.82) is 0 Å². The first kappa shape index (κ1) is 29.5. The molecular weight excluding hydrogens is 456 g/mol. The van der Waals surface area contributed by atoms with E-state index < -0.39 is 22.7 Å². The molecule has 0 radical (unpaired) electrons. The number of rotatable bonds is 19. The van der Waals surface area contributed by atoms with Gasteiger partial charge in [-0.3, -0.25) is 4.79 Å². The molecule has 0 bridgehead atoms. The molecule has 2 rings (SSSR count). The Morgan fingerprint density at radius 2 is 1.23 bits per heavy atom. The third-order valence-electron chi connectivity index (χ3n) is 7.25. The van der Waals surface area contributed by atoms with Gasteiger partial charge in [-0.2, -0.15) is 0 Å². The zero-order valence-electron chi connectivity index (χ0n) is 21.9. The average molecular weight is 502 g/mol. The van der Waals surface area contributed by atoms with Crippen LogP contribution in [0.3, 0.4) is 0 Å². The van der Waals surface area contributed by atoms with Crippen LogP contribution in [0.4, 0.5) is 0 Å². The van der Waals surface area contributed by atoms with E-state index in [1.165, 1.54) is 51.4 Å². The highest BCUT2D eigenvalue weighted by atomic mass is 32.2. The summed E-state index contributed by atoms with van der Waals surface area (Å²) < 4.78 is 27.8. The van der Waals surface area contributed by atoms with Crippen LogP contribution in [-0.4, -0.2) is 14.7 Å². The highest BCUT2D eigenvalue weighted by Gasteiger charge is 2.42. The predicted octanol–water partition coefficient (Wildman–Crippen LogP) is 8.70. The minimum Gasteiger partial charge on any atom is -0.740 e. The lowest BCUT2D eigenvalue weighted by atomic mass is 9.71. The van der Waals surface area contributed by atoms with E-state index in [1.807, 2.05) is 42.5 Å². The van der Waals surface area contributed by atoms with Gasteiger partial charge >= 0.3 is 5.97 Å². The number of fused-ring (bicyclic) bond motifs is 1. The largest absolute Gasteiger partial charge is 0.740 e.